The second-order valence-electron chi connectivity index (χ2n) is 3.74. The van der Waals surface area contributed by atoms with Crippen LogP contribution in [0, 0.1) is 0 Å². The van der Waals surface area contributed by atoms with Crippen molar-refractivity contribution in [3.05, 3.63) is 0 Å². The van der Waals surface area contributed by atoms with Crippen LogP contribution in [-0.4, -0.2) is 55.2 Å². The Morgan fingerprint density at radius 1 is 1.27 bits per heavy atom. The maximum atomic E-state index is 12.9. The van der Waals surface area contributed by atoms with E-state index >= 15 is 0 Å². The van der Waals surface area contributed by atoms with Crippen molar-refractivity contribution in [2.24, 2.45) is 0 Å². The van der Waals surface area contributed by atoms with Crippen LogP contribution < -0.4 is 0 Å². The lowest BCUT2D eigenvalue weighted by Crippen LogP contribution is -2.48. The molecule has 0 spiro atoms. The Labute approximate surface area is 67.0 Å². The van der Waals surface area contributed by atoms with Crippen molar-refractivity contribution in [1.82, 2.24) is 9.80 Å². The first kappa shape index (κ1) is 7.50. The van der Waals surface area contributed by atoms with E-state index in [1.165, 1.54) is 0 Å². The van der Waals surface area contributed by atoms with Crippen LogP contribution in [0.4, 0.5) is 4.39 Å². The molecule has 0 aromatic heterocycles. The summed E-state index contributed by atoms with van der Waals surface area (Å²) in [7, 11) is 2.11. The van der Waals surface area contributed by atoms with E-state index in [1.54, 1.807) is 0 Å². The van der Waals surface area contributed by atoms with Crippen LogP contribution in [0.3, 0.4) is 0 Å². The van der Waals surface area contributed by atoms with E-state index in [0.29, 0.717) is 12.6 Å². The fourth-order valence-corrected chi connectivity index (χ4v) is 2.14. The van der Waals surface area contributed by atoms with Crippen molar-refractivity contribution in [2.75, 3.05) is 33.2 Å². The van der Waals surface area contributed by atoms with Gasteiger partial charge in [-0.15, -0.1) is 0 Å². The second kappa shape index (κ2) is 2.72. The number of hydrogen-bond donors (Lipinski definition) is 0. The molecule has 0 unspecified atom stereocenters. The number of rotatable bonds is 0. The zero-order chi connectivity index (χ0) is 7.84. The number of fused-ring (bicyclic) bond motifs is 1. The molecule has 2 atom stereocenters. The zero-order valence-electron chi connectivity index (χ0n) is 6.96. The summed E-state index contributed by atoms with van der Waals surface area (Å²) in [5, 5.41) is 0. The van der Waals surface area contributed by atoms with Gasteiger partial charge in [-0.1, -0.05) is 0 Å². The number of piperazine rings is 1. The van der Waals surface area contributed by atoms with Gasteiger partial charge in [0.25, 0.3) is 0 Å². The smallest absolute Gasteiger partial charge is 0.114 e. The van der Waals surface area contributed by atoms with Gasteiger partial charge in [-0.2, -0.15) is 0 Å². The van der Waals surface area contributed by atoms with Gasteiger partial charge in [0.05, 0.1) is 0 Å². The lowest BCUT2D eigenvalue weighted by atomic mass is 10.1. The fourth-order valence-electron chi connectivity index (χ4n) is 2.14. The van der Waals surface area contributed by atoms with Crippen molar-refractivity contribution < 1.29 is 4.39 Å². The molecular weight excluding hydrogens is 143 g/mol. The third-order valence-electron chi connectivity index (χ3n) is 2.77. The molecule has 0 N–H and O–H groups in total. The minimum atomic E-state index is -0.563. The largest absolute Gasteiger partial charge is 0.304 e. The Kier molecular flexibility index (Phi) is 1.85. The van der Waals surface area contributed by atoms with E-state index in [2.05, 4.69) is 16.8 Å². The molecule has 0 aliphatic carbocycles. The van der Waals surface area contributed by atoms with Crippen molar-refractivity contribution in [3.8, 4) is 0 Å². The Hall–Kier alpha value is -0.150. The van der Waals surface area contributed by atoms with E-state index in [0.717, 1.165) is 26.1 Å². The van der Waals surface area contributed by atoms with Gasteiger partial charge in [0, 0.05) is 32.2 Å². The number of likely N-dealkylation sites (N-methyl/N-ethyl adjacent to an activating group) is 1. The van der Waals surface area contributed by atoms with Crippen LogP contribution in [0.25, 0.3) is 0 Å². The summed E-state index contributed by atoms with van der Waals surface area (Å²) in [5.74, 6) is 0. The van der Waals surface area contributed by atoms with Crippen LogP contribution in [-0.2, 0) is 0 Å². The van der Waals surface area contributed by atoms with Gasteiger partial charge in [0.15, 0.2) is 0 Å². The van der Waals surface area contributed by atoms with E-state index < -0.39 is 6.17 Å². The Bertz CT molecular complexity index is 151. The number of nitrogens with zero attached hydrogens (tertiary/aromatic N) is 2. The lowest BCUT2D eigenvalue weighted by molar-refractivity contribution is 0.123. The quantitative estimate of drug-likeness (QED) is 0.502. The van der Waals surface area contributed by atoms with Gasteiger partial charge in [-0.05, 0) is 13.5 Å². The monoisotopic (exact) mass is 158 g/mol. The topological polar surface area (TPSA) is 6.48 Å². The Morgan fingerprint density at radius 3 is 2.91 bits per heavy atom. The SMILES string of the molecule is CN1CCN2C[C@@H](F)C[C@H]2C1. The molecule has 0 aromatic carbocycles. The molecule has 0 aromatic rings. The molecule has 0 amide bonds. The summed E-state index contributed by atoms with van der Waals surface area (Å²) in [6, 6.07) is 0.503. The highest BCUT2D eigenvalue weighted by atomic mass is 19.1. The summed E-state index contributed by atoms with van der Waals surface area (Å²) < 4.78 is 12.9. The van der Waals surface area contributed by atoms with Gasteiger partial charge < -0.3 is 4.90 Å². The molecular formula is C8H15FN2. The van der Waals surface area contributed by atoms with E-state index in [1.807, 2.05) is 0 Å². The van der Waals surface area contributed by atoms with Crippen LogP contribution in [0.15, 0.2) is 0 Å². The lowest BCUT2D eigenvalue weighted by Gasteiger charge is -2.34. The normalized spacial score (nSPS) is 40.9. The van der Waals surface area contributed by atoms with Crippen molar-refractivity contribution in [3.63, 3.8) is 0 Å². The van der Waals surface area contributed by atoms with Crippen LogP contribution in [0.2, 0.25) is 0 Å². The molecule has 0 bridgehead atoms. The molecule has 3 heteroatoms. The third-order valence-corrected chi connectivity index (χ3v) is 2.77. The van der Waals surface area contributed by atoms with Crippen molar-refractivity contribution in [1.29, 1.82) is 0 Å². The standard InChI is InChI=1S/C8H15FN2/c1-10-2-3-11-5-7(9)4-8(11)6-10/h7-8H,2-6H2,1H3/t7-,8-/m0/s1. The predicted molar refractivity (Wildman–Crippen MR) is 42.4 cm³/mol. The predicted octanol–water partition coefficient (Wildman–Crippen LogP) is 0.344. The summed E-state index contributed by atoms with van der Waals surface area (Å²) in [6.45, 7) is 3.89. The molecule has 2 aliphatic heterocycles. The summed E-state index contributed by atoms with van der Waals surface area (Å²) in [5.41, 5.74) is 0. The van der Waals surface area contributed by atoms with Crippen LogP contribution >= 0.6 is 0 Å². The molecule has 2 saturated heterocycles. The van der Waals surface area contributed by atoms with E-state index in [4.69, 9.17) is 0 Å². The fraction of sp³-hybridized carbons (Fsp3) is 1.00. The minimum Gasteiger partial charge on any atom is -0.304 e. The summed E-state index contributed by atoms with van der Waals surface area (Å²) >= 11 is 0. The zero-order valence-corrected chi connectivity index (χ0v) is 6.96. The molecule has 2 rings (SSSR count). The Morgan fingerprint density at radius 2 is 2.09 bits per heavy atom. The molecule has 11 heavy (non-hydrogen) atoms. The van der Waals surface area contributed by atoms with Crippen molar-refractivity contribution in [2.45, 2.75) is 18.6 Å². The van der Waals surface area contributed by atoms with E-state index in [9.17, 15) is 4.39 Å². The van der Waals surface area contributed by atoms with E-state index in [-0.39, 0.29) is 0 Å². The number of alkyl halides is 1. The van der Waals surface area contributed by atoms with Gasteiger partial charge in [-0.25, -0.2) is 4.39 Å². The Balaban J connectivity index is 1.97. The molecule has 2 fully saturated rings. The first-order valence-electron chi connectivity index (χ1n) is 4.32. The summed E-state index contributed by atoms with van der Waals surface area (Å²) in [4.78, 5) is 4.57. The molecule has 2 nitrogen and oxygen atoms in total. The molecule has 2 aliphatic rings. The molecule has 0 saturated carbocycles. The van der Waals surface area contributed by atoms with Gasteiger partial charge in [0.1, 0.15) is 6.17 Å². The summed E-state index contributed by atoms with van der Waals surface area (Å²) in [6.07, 6.45) is 0.191. The second-order valence-corrected chi connectivity index (χ2v) is 3.74. The molecule has 0 radical (unpaired) electrons. The highest BCUT2D eigenvalue weighted by Crippen LogP contribution is 2.22. The van der Waals surface area contributed by atoms with Gasteiger partial charge in [0.2, 0.25) is 0 Å². The minimum absolute atomic E-state index is 0.503. The van der Waals surface area contributed by atoms with Crippen molar-refractivity contribution >= 4 is 0 Å². The highest BCUT2D eigenvalue weighted by Gasteiger charge is 2.34. The maximum absolute atomic E-state index is 12.9. The maximum Gasteiger partial charge on any atom is 0.114 e. The third kappa shape index (κ3) is 1.40. The number of halogens is 1. The average molecular weight is 158 g/mol. The molecule has 2 heterocycles. The first-order chi connectivity index (χ1) is 5.25. The number of hydrogen-bond acceptors (Lipinski definition) is 2. The highest BCUT2D eigenvalue weighted by molar-refractivity contribution is 4.90. The average Bonchev–Trinajstić information content (AvgIpc) is 2.27. The first-order valence-corrected chi connectivity index (χ1v) is 4.32. The molecule has 64 valence electrons. The van der Waals surface area contributed by atoms with Gasteiger partial charge in [-0.3, -0.25) is 4.90 Å². The van der Waals surface area contributed by atoms with Crippen LogP contribution in [0.5, 0.6) is 0 Å². The van der Waals surface area contributed by atoms with Crippen LogP contribution in [0.1, 0.15) is 6.42 Å². The van der Waals surface area contributed by atoms with Gasteiger partial charge >= 0.3 is 0 Å².